The van der Waals surface area contributed by atoms with Gasteiger partial charge in [-0.05, 0) is 12.1 Å². The maximum absolute atomic E-state index is 10.6. The minimum atomic E-state index is -5.08. The Balaban J connectivity index is 0.000000301. The van der Waals surface area contributed by atoms with Gasteiger partial charge in [-0.3, -0.25) is 9.88 Å². The molecule has 1 aromatic carbocycles. The number of hydrogen-bond acceptors (Lipinski definition) is 7. The summed E-state index contributed by atoms with van der Waals surface area (Å²) in [6.07, 6.45) is -8.32. The van der Waals surface area contributed by atoms with Gasteiger partial charge in [0.15, 0.2) is 0 Å². The molecule has 1 unspecified atom stereocenters. The molecule has 3 heterocycles. The van der Waals surface area contributed by atoms with E-state index in [2.05, 4.69) is 33.5 Å². The quantitative estimate of drug-likeness (QED) is 0.423. The van der Waals surface area contributed by atoms with Gasteiger partial charge in [-0.15, -0.1) is 11.3 Å². The first-order chi connectivity index (χ1) is 17.8. The predicted octanol–water partition coefficient (Wildman–Crippen LogP) is 5.05. The zero-order valence-electron chi connectivity index (χ0n) is 19.3. The average molecular weight is 565 g/mol. The maximum Gasteiger partial charge on any atom is 0.490 e. The van der Waals surface area contributed by atoms with Gasteiger partial charge in [0.1, 0.15) is 5.01 Å². The van der Waals surface area contributed by atoms with E-state index >= 15 is 0 Å². The van der Waals surface area contributed by atoms with Crippen LogP contribution in [0.4, 0.5) is 26.3 Å². The van der Waals surface area contributed by atoms with Crippen LogP contribution in [0.2, 0.25) is 0 Å². The third kappa shape index (κ3) is 10.1. The van der Waals surface area contributed by atoms with E-state index in [1.807, 2.05) is 36.5 Å². The predicted molar refractivity (Wildman–Crippen MR) is 123 cm³/mol. The normalized spacial score (nSPS) is 15.9. The van der Waals surface area contributed by atoms with Gasteiger partial charge in [0.05, 0.1) is 30.6 Å². The van der Waals surface area contributed by atoms with E-state index in [4.69, 9.17) is 29.5 Å². The molecule has 1 aliphatic heterocycles. The number of carboxylic acid groups (broad SMARTS) is 2. The second-order valence-corrected chi connectivity index (χ2v) is 8.29. The minimum absolute atomic E-state index is 0.189. The number of ether oxygens (including phenoxy) is 1. The van der Waals surface area contributed by atoms with Crippen molar-refractivity contribution in [3.63, 3.8) is 0 Å². The minimum Gasteiger partial charge on any atom is -0.475 e. The Labute approximate surface area is 216 Å². The molecular formula is C23H21F6N3O5S. The van der Waals surface area contributed by atoms with Crippen LogP contribution in [0.5, 0.6) is 0 Å². The van der Waals surface area contributed by atoms with Gasteiger partial charge in [0, 0.05) is 30.2 Å². The fraction of sp³-hybridized carbons (Fsp3) is 0.304. The number of benzene rings is 1. The van der Waals surface area contributed by atoms with E-state index in [1.165, 1.54) is 5.56 Å². The zero-order valence-corrected chi connectivity index (χ0v) is 20.1. The fourth-order valence-electron chi connectivity index (χ4n) is 2.95. The Hall–Kier alpha value is -3.56. The van der Waals surface area contributed by atoms with Gasteiger partial charge in [0.2, 0.25) is 0 Å². The number of carbonyl (C=O) groups is 2. The highest BCUT2D eigenvalue weighted by molar-refractivity contribution is 7.13. The highest BCUT2D eigenvalue weighted by atomic mass is 32.1. The Morgan fingerprint density at radius 3 is 2.08 bits per heavy atom. The van der Waals surface area contributed by atoms with Crippen molar-refractivity contribution in [2.75, 3.05) is 19.8 Å². The summed E-state index contributed by atoms with van der Waals surface area (Å²) in [4.78, 5) is 29.5. The Morgan fingerprint density at radius 1 is 0.974 bits per heavy atom. The molecule has 2 N–H and O–H groups in total. The lowest BCUT2D eigenvalue weighted by molar-refractivity contribution is -0.193. The lowest BCUT2D eigenvalue weighted by Gasteiger charge is -2.34. The van der Waals surface area contributed by atoms with Crippen molar-refractivity contribution in [2.24, 2.45) is 0 Å². The standard InChI is InChI=1S/C19H19N3OS.2C2HF3O2/c1-2-6-15(7-3-1)19-21-17(14-24-19)18-13-23-11-10-22(18)12-16-8-4-5-9-20-16;2*3-2(4,5)1(6)7/h1-9,14,18H,10-13H2;2*(H,6,7). The summed E-state index contributed by atoms with van der Waals surface area (Å²) < 4.78 is 69.2. The van der Waals surface area contributed by atoms with Gasteiger partial charge in [-0.1, -0.05) is 36.4 Å². The van der Waals surface area contributed by atoms with Crippen molar-refractivity contribution < 1.29 is 50.9 Å². The van der Waals surface area contributed by atoms with Crippen LogP contribution in [-0.4, -0.2) is 69.1 Å². The molecule has 0 spiro atoms. The third-order valence-corrected chi connectivity index (χ3v) is 5.61. The monoisotopic (exact) mass is 565 g/mol. The molecule has 3 aromatic rings. The molecule has 206 valence electrons. The van der Waals surface area contributed by atoms with Crippen LogP contribution in [0.25, 0.3) is 10.6 Å². The summed E-state index contributed by atoms with van der Waals surface area (Å²) in [6, 6.07) is 16.6. The maximum atomic E-state index is 10.6. The highest BCUT2D eigenvalue weighted by Gasteiger charge is 2.38. The number of hydrogen-bond donors (Lipinski definition) is 2. The van der Waals surface area contributed by atoms with Crippen LogP contribution >= 0.6 is 11.3 Å². The van der Waals surface area contributed by atoms with Crippen LogP contribution in [0.1, 0.15) is 17.4 Å². The van der Waals surface area contributed by atoms with Gasteiger partial charge in [-0.2, -0.15) is 26.3 Å². The van der Waals surface area contributed by atoms with Crippen LogP contribution in [-0.2, 0) is 20.9 Å². The smallest absolute Gasteiger partial charge is 0.475 e. The van der Waals surface area contributed by atoms with E-state index in [-0.39, 0.29) is 6.04 Å². The second kappa shape index (κ2) is 13.8. The van der Waals surface area contributed by atoms with Crippen molar-refractivity contribution in [3.8, 4) is 10.6 Å². The number of alkyl halides is 6. The number of nitrogens with zero attached hydrogens (tertiary/aromatic N) is 3. The molecule has 0 amide bonds. The van der Waals surface area contributed by atoms with Crippen LogP contribution in [0, 0.1) is 0 Å². The molecule has 0 saturated carbocycles. The summed E-state index contributed by atoms with van der Waals surface area (Å²) >= 11 is 1.70. The molecule has 1 aliphatic rings. The van der Waals surface area contributed by atoms with Crippen molar-refractivity contribution >= 4 is 23.3 Å². The number of pyridine rings is 1. The molecule has 0 radical (unpaired) electrons. The number of carboxylic acids is 2. The van der Waals surface area contributed by atoms with E-state index in [0.29, 0.717) is 6.61 Å². The third-order valence-electron chi connectivity index (χ3n) is 4.70. The number of thiazole rings is 1. The van der Waals surface area contributed by atoms with Crippen LogP contribution in [0.15, 0.2) is 60.1 Å². The van der Waals surface area contributed by atoms with Crippen molar-refractivity contribution in [2.45, 2.75) is 24.9 Å². The molecule has 1 saturated heterocycles. The molecule has 38 heavy (non-hydrogen) atoms. The summed E-state index contributed by atoms with van der Waals surface area (Å²) in [5, 5.41) is 17.5. The number of halogens is 6. The zero-order chi connectivity index (χ0) is 28.3. The van der Waals surface area contributed by atoms with E-state index in [0.717, 1.165) is 36.1 Å². The van der Waals surface area contributed by atoms with Crippen molar-refractivity contribution in [3.05, 3.63) is 71.5 Å². The van der Waals surface area contributed by atoms with Gasteiger partial charge in [0.25, 0.3) is 0 Å². The van der Waals surface area contributed by atoms with E-state index in [9.17, 15) is 26.3 Å². The van der Waals surface area contributed by atoms with Crippen molar-refractivity contribution in [1.82, 2.24) is 14.9 Å². The van der Waals surface area contributed by atoms with Gasteiger partial charge >= 0.3 is 24.3 Å². The van der Waals surface area contributed by atoms with Gasteiger partial charge in [-0.25, -0.2) is 14.6 Å². The molecule has 2 aromatic heterocycles. The lowest BCUT2D eigenvalue weighted by atomic mass is 10.1. The SMILES string of the molecule is O=C(O)C(F)(F)F.O=C(O)C(F)(F)F.c1ccc(-c2nc(C3COCCN3Cc3ccccn3)cs2)cc1. The molecule has 0 bridgehead atoms. The average Bonchev–Trinajstić information content (AvgIpc) is 3.35. The first kappa shape index (κ1) is 30.7. The Morgan fingerprint density at radius 2 is 1.55 bits per heavy atom. The number of rotatable bonds is 4. The van der Waals surface area contributed by atoms with Crippen molar-refractivity contribution in [1.29, 1.82) is 0 Å². The molecule has 4 rings (SSSR count). The Bertz CT molecular complexity index is 1140. The summed E-state index contributed by atoms with van der Waals surface area (Å²) in [6.45, 7) is 3.18. The molecule has 15 heteroatoms. The van der Waals surface area contributed by atoms with E-state index in [1.54, 1.807) is 11.3 Å². The molecule has 1 fully saturated rings. The van der Waals surface area contributed by atoms with Gasteiger partial charge < -0.3 is 14.9 Å². The largest absolute Gasteiger partial charge is 0.490 e. The second-order valence-electron chi connectivity index (χ2n) is 7.43. The molecule has 8 nitrogen and oxygen atoms in total. The fourth-order valence-corrected chi connectivity index (χ4v) is 3.82. The molecular weight excluding hydrogens is 544 g/mol. The summed E-state index contributed by atoms with van der Waals surface area (Å²) in [5.41, 5.74) is 3.35. The number of morpholine rings is 1. The topological polar surface area (TPSA) is 113 Å². The first-order valence-corrected chi connectivity index (χ1v) is 11.5. The number of aliphatic carboxylic acids is 2. The lowest BCUT2D eigenvalue weighted by Crippen LogP contribution is -2.39. The van der Waals surface area contributed by atoms with Crippen LogP contribution < -0.4 is 0 Å². The summed E-state index contributed by atoms with van der Waals surface area (Å²) in [5.74, 6) is -5.51. The van der Waals surface area contributed by atoms with Crippen LogP contribution in [0.3, 0.4) is 0 Å². The molecule has 0 aliphatic carbocycles. The summed E-state index contributed by atoms with van der Waals surface area (Å²) in [7, 11) is 0. The highest BCUT2D eigenvalue weighted by Crippen LogP contribution is 2.30. The molecule has 1 atom stereocenters. The van der Waals surface area contributed by atoms with E-state index < -0.39 is 24.3 Å². The number of aromatic nitrogens is 2. The Kier molecular flexibility index (Phi) is 11.2. The first-order valence-electron chi connectivity index (χ1n) is 10.6.